The summed E-state index contributed by atoms with van der Waals surface area (Å²) in [5, 5.41) is 9.02. The fourth-order valence-electron chi connectivity index (χ4n) is 4.16. The number of hydrogen-bond donors (Lipinski definition) is 2. The summed E-state index contributed by atoms with van der Waals surface area (Å²) in [7, 11) is 0. The quantitative estimate of drug-likeness (QED) is 0.358. The zero-order chi connectivity index (χ0) is 28.6. The molecule has 0 radical (unpaired) electrons. The highest BCUT2D eigenvalue weighted by atomic mass is 35.5. The summed E-state index contributed by atoms with van der Waals surface area (Å²) in [5.41, 5.74) is -0.847. The van der Waals surface area contributed by atoms with E-state index in [1.807, 2.05) is 0 Å². The number of alkyl halides is 6. The second-order valence-corrected chi connectivity index (χ2v) is 9.48. The van der Waals surface area contributed by atoms with Crippen molar-refractivity contribution in [3.05, 3.63) is 81.9 Å². The van der Waals surface area contributed by atoms with Crippen LogP contribution in [0.5, 0.6) is 0 Å². The third kappa shape index (κ3) is 6.44. The Labute approximate surface area is 222 Å². The maximum absolute atomic E-state index is 13.3. The molecular weight excluding hydrogens is 552 g/mol. The first-order valence-corrected chi connectivity index (χ1v) is 11.8. The summed E-state index contributed by atoms with van der Waals surface area (Å²) in [6, 6.07) is 12.9. The molecule has 206 valence electrons. The Kier molecular flexibility index (Phi) is 7.53. The molecule has 2 amide bonds. The highest BCUT2D eigenvalue weighted by Crippen LogP contribution is 2.41. The van der Waals surface area contributed by atoms with Crippen molar-refractivity contribution in [2.45, 2.75) is 31.3 Å². The Morgan fingerprint density at radius 1 is 1.00 bits per heavy atom. The van der Waals surface area contributed by atoms with Crippen molar-refractivity contribution in [3.63, 3.8) is 0 Å². The molecule has 13 heteroatoms. The number of carbonyl (C=O) groups excluding carboxylic acids is 2. The van der Waals surface area contributed by atoms with Crippen LogP contribution in [0.3, 0.4) is 0 Å². The summed E-state index contributed by atoms with van der Waals surface area (Å²) in [5.74, 6) is -1.69. The molecule has 0 unspecified atom stereocenters. The average Bonchev–Trinajstić information content (AvgIpc) is 3.27. The first kappa shape index (κ1) is 28.2. The van der Waals surface area contributed by atoms with Crippen LogP contribution >= 0.6 is 11.6 Å². The van der Waals surface area contributed by atoms with E-state index in [0.29, 0.717) is 22.0 Å². The number of halogens is 7. The van der Waals surface area contributed by atoms with Gasteiger partial charge in [0.2, 0.25) is 5.91 Å². The lowest BCUT2D eigenvalue weighted by Crippen LogP contribution is -2.40. The Hall–Kier alpha value is -3.80. The molecule has 0 fully saturated rings. The monoisotopic (exact) mass is 571 g/mol. The van der Waals surface area contributed by atoms with Gasteiger partial charge in [-0.2, -0.15) is 26.3 Å². The maximum atomic E-state index is 13.3. The summed E-state index contributed by atoms with van der Waals surface area (Å²) in [6.45, 7) is -0.595. The van der Waals surface area contributed by atoms with Crippen molar-refractivity contribution >= 4 is 39.9 Å². The van der Waals surface area contributed by atoms with E-state index in [2.05, 4.69) is 10.5 Å². The predicted octanol–water partition coefficient (Wildman–Crippen LogP) is 5.96. The fourth-order valence-corrected chi connectivity index (χ4v) is 4.40. The molecule has 3 aromatic carbocycles. The number of nitrogens with one attached hydrogen (secondary N) is 2. The van der Waals surface area contributed by atoms with E-state index in [4.69, 9.17) is 16.4 Å². The van der Waals surface area contributed by atoms with E-state index in [-0.39, 0.29) is 22.6 Å². The van der Waals surface area contributed by atoms with Gasteiger partial charge < -0.3 is 15.5 Å². The topological polar surface area (TPSA) is 79.8 Å². The number of nitrogens with zero attached hydrogens (tertiary/aromatic N) is 1. The Balaban J connectivity index is 1.56. The van der Waals surface area contributed by atoms with Gasteiger partial charge in [-0.1, -0.05) is 47.1 Å². The van der Waals surface area contributed by atoms with Crippen molar-refractivity contribution in [1.82, 2.24) is 10.6 Å². The molecule has 0 spiro atoms. The molecule has 0 bridgehead atoms. The number of oxime groups is 1. The fraction of sp³-hybridized carbons (Fsp3) is 0.269. The smallest absolute Gasteiger partial charge is 0.384 e. The zero-order valence-electron chi connectivity index (χ0n) is 20.1. The Morgan fingerprint density at radius 2 is 1.69 bits per heavy atom. The van der Waals surface area contributed by atoms with Gasteiger partial charge in [-0.05, 0) is 42.0 Å². The van der Waals surface area contributed by atoms with Crippen molar-refractivity contribution in [2.75, 3.05) is 13.1 Å². The third-order valence-corrected chi connectivity index (χ3v) is 6.29. The summed E-state index contributed by atoms with van der Waals surface area (Å²) >= 11 is 5.95. The van der Waals surface area contributed by atoms with Gasteiger partial charge in [0.05, 0.1) is 17.8 Å². The van der Waals surface area contributed by atoms with Crippen molar-refractivity contribution in [3.8, 4) is 0 Å². The van der Waals surface area contributed by atoms with E-state index in [1.165, 1.54) is 12.1 Å². The summed E-state index contributed by atoms with van der Waals surface area (Å²) < 4.78 is 76.8. The first-order valence-electron chi connectivity index (χ1n) is 11.4. The third-order valence-electron chi connectivity index (χ3n) is 6.07. The highest BCUT2D eigenvalue weighted by Gasteiger charge is 2.40. The molecular formula is C26H20ClF6N3O3. The molecule has 0 aliphatic carbocycles. The zero-order valence-corrected chi connectivity index (χ0v) is 20.9. The lowest BCUT2D eigenvalue weighted by atomic mass is 9.86. The number of rotatable bonds is 6. The number of carbonyl (C=O) groups is 2. The Bertz CT molecular complexity index is 1470. The molecule has 0 aromatic heterocycles. The molecule has 2 N–H and O–H groups in total. The largest absolute Gasteiger partial charge is 0.416 e. The summed E-state index contributed by atoms with van der Waals surface area (Å²) in [4.78, 5) is 30.0. The second-order valence-electron chi connectivity index (χ2n) is 9.04. The molecule has 1 atom stereocenters. The van der Waals surface area contributed by atoms with Crippen molar-refractivity contribution < 1.29 is 40.8 Å². The molecule has 0 saturated heterocycles. The molecule has 1 aliphatic rings. The molecule has 6 nitrogen and oxygen atoms in total. The minimum absolute atomic E-state index is 0.0968. The van der Waals surface area contributed by atoms with Crippen LogP contribution in [0.4, 0.5) is 26.3 Å². The van der Waals surface area contributed by atoms with E-state index >= 15 is 0 Å². The number of benzene rings is 3. The standard InChI is InChI=1S/C26H20ClF6N3O3/c1-24(14-8-15(26(31,32)33)10-16(27)9-14)11-21(36-39-24)19-6-7-20(18-5-3-2-4-17(18)19)23(38)34-12-22(37)35-13-25(28,29)30/h2-10H,11-13H2,1H3,(H,34,38)(H,35,37)/t24-/m1/s1. The molecule has 39 heavy (non-hydrogen) atoms. The van der Waals surface area contributed by atoms with E-state index < -0.39 is 48.4 Å². The van der Waals surface area contributed by atoms with Crippen LogP contribution in [0.2, 0.25) is 5.02 Å². The average molecular weight is 572 g/mol. The van der Waals surface area contributed by atoms with E-state index in [0.717, 1.165) is 12.1 Å². The molecule has 4 rings (SSSR count). The van der Waals surface area contributed by atoms with Crippen LogP contribution in [0.15, 0.2) is 59.8 Å². The summed E-state index contributed by atoms with van der Waals surface area (Å²) in [6.07, 6.45) is -9.09. The lowest BCUT2D eigenvalue weighted by Gasteiger charge is -2.23. The van der Waals surface area contributed by atoms with Gasteiger partial charge in [-0.25, -0.2) is 0 Å². The molecule has 0 saturated carbocycles. The number of hydrogen-bond acceptors (Lipinski definition) is 4. The van der Waals surface area contributed by atoms with Gasteiger partial charge >= 0.3 is 12.4 Å². The van der Waals surface area contributed by atoms with Crippen molar-refractivity contribution in [1.29, 1.82) is 0 Å². The van der Waals surface area contributed by atoms with Crippen LogP contribution in [0.1, 0.15) is 40.4 Å². The molecule has 3 aromatic rings. The normalized spacial score (nSPS) is 17.5. The van der Waals surface area contributed by atoms with E-state index in [1.54, 1.807) is 42.6 Å². The van der Waals surface area contributed by atoms with Gasteiger partial charge in [0.15, 0.2) is 5.60 Å². The van der Waals surface area contributed by atoms with E-state index in [9.17, 15) is 35.9 Å². The predicted molar refractivity (Wildman–Crippen MR) is 131 cm³/mol. The van der Waals surface area contributed by atoms with Gasteiger partial charge in [-0.3, -0.25) is 9.59 Å². The van der Waals surface area contributed by atoms with Gasteiger partial charge in [0.25, 0.3) is 5.91 Å². The van der Waals surface area contributed by atoms with Crippen molar-refractivity contribution in [2.24, 2.45) is 5.16 Å². The minimum atomic E-state index is -4.61. The highest BCUT2D eigenvalue weighted by molar-refractivity contribution is 6.30. The van der Waals surface area contributed by atoms with Gasteiger partial charge in [0.1, 0.15) is 6.54 Å². The van der Waals surface area contributed by atoms with Gasteiger partial charge in [-0.15, -0.1) is 0 Å². The van der Waals surface area contributed by atoms with Crippen LogP contribution in [-0.4, -0.2) is 36.8 Å². The molecule has 1 heterocycles. The maximum Gasteiger partial charge on any atom is 0.416 e. The van der Waals surface area contributed by atoms with Gasteiger partial charge in [0, 0.05) is 28.1 Å². The Morgan fingerprint density at radius 3 is 2.36 bits per heavy atom. The van der Waals surface area contributed by atoms with Crippen LogP contribution in [-0.2, 0) is 21.4 Å². The lowest BCUT2D eigenvalue weighted by molar-refractivity contribution is -0.137. The first-order chi connectivity index (χ1) is 18.2. The number of fused-ring (bicyclic) bond motifs is 1. The van der Waals surface area contributed by atoms with Crippen LogP contribution in [0.25, 0.3) is 10.8 Å². The minimum Gasteiger partial charge on any atom is -0.384 e. The SMILES string of the molecule is C[C@]1(c2cc(Cl)cc(C(F)(F)F)c2)CC(c2ccc(C(=O)NCC(=O)NCC(F)(F)F)c3ccccc23)=NO1. The number of amides is 2. The van der Waals surface area contributed by atoms with Crippen LogP contribution in [0, 0.1) is 0 Å². The van der Waals surface area contributed by atoms with Crippen LogP contribution < -0.4 is 10.6 Å². The molecule has 1 aliphatic heterocycles. The second kappa shape index (κ2) is 10.4.